The van der Waals surface area contributed by atoms with Gasteiger partial charge >= 0.3 is 0 Å². The molecule has 1 aliphatic heterocycles. The van der Waals surface area contributed by atoms with Gasteiger partial charge < -0.3 is 15.0 Å². The molecule has 2 atom stereocenters. The summed E-state index contributed by atoms with van der Waals surface area (Å²) in [5.74, 6) is 0. The fourth-order valence-electron chi connectivity index (χ4n) is 3.14. The number of ether oxygens (including phenoxy) is 1. The van der Waals surface area contributed by atoms with Gasteiger partial charge in [0.15, 0.2) is 0 Å². The molecule has 3 heteroatoms. The number of rotatable bonds is 5. The Labute approximate surface area is 123 Å². The Morgan fingerprint density at radius 3 is 2.85 bits per heavy atom. The number of hydrogen-bond donors (Lipinski definition) is 1. The van der Waals surface area contributed by atoms with Crippen LogP contribution in [0.5, 0.6) is 0 Å². The van der Waals surface area contributed by atoms with Crippen molar-refractivity contribution in [3.63, 3.8) is 0 Å². The lowest BCUT2D eigenvalue weighted by molar-refractivity contribution is -0.00469. The molecule has 3 nitrogen and oxygen atoms in total. The molecule has 0 saturated carbocycles. The Morgan fingerprint density at radius 1 is 1.40 bits per heavy atom. The summed E-state index contributed by atoms with van der Waals surface area (Å²) in [6, 6.07) is 9.13. The van der Waals surface area contributed by atoms with Crippen LogP contribution in [0.25, 0.3) is 0 Å². The smallest absolute Gasteiger partial charge is 0.0825 e. The Bertz CT molecular complexity index is 435. The van der Waals surface area contributed by atoms with Gasteiger partial charge in [0, 0.05) is 31.9 Å². The molecular formula is C17H28N2O. The molecule has 2 unspecified atom stereocenters. The monoisotopic (exact) mass is 276 g/mol. The average molecular weight is 276 g/mol. The van der Waals surface area contributed by atoms with Crippen molar-refractivity contribution in [3.05, 3.63) is 29.8 Å². The van der Waals surface area contributed by atoms with Crippen LogP contribution in [0.4, 0.5) is 5.69 Å². The van der Waals surface area contributed by atoms with E-state index in [4.69, 9.17) is 4.74 Å². The van der Waals surface area contributed by atoms with Gasteiger partial charge in [0.2, 0.25) is 0 Å². The third kappa shape index (κ3) is 3.33. The van der Waals surface area contributed by atoms with Gasteiger partial charge in [-0.2, -0.15) is 0 Å². The Hall–Kier alpha value is -1.06. The average Bonchev–Trinajstić information content (AvgIpc) is 2.47. The summed E-state index contributed by atoms with van der Waals surface area (Å²) < 4.78 is 5.72. The van der Waals surface area contributed by atoms with Crippen molar-refractivity contribution in [1.82, 2.24) is 5.32 Å². The summed E-state index contributed by atoms with van der Waals surface area (Å²) in [7, 11) is 1.83. The Kier molecular flexibility index (Phi) is 5.06. The van der Waals surface area contributed by atoms with Crippen molar-refractivity contribution < 1.29 is 4.74 Å². The van der Waals surface area contributed by atoms with E-state index in [0.29, 0.717) is 6.04 Å². The molecule has 20 heavy (non-hydrogen) atoms. The largest absolute Gasteiger partial charge is 0.377 e. The first kappa shape index (κ1) is 15.3. The molecule has 1 heterocycles. The summed E-state index contributed by atoms with van der Waals surface area (Å²) in [4.78, 5) is 2.48. The third-order valence-electron chi connectivity index (χ3n) is 4.41. The minimum atomic E-state index is -0.0210. The lowest BCUT2D eigenvalue weighted by atomic mass is 9.93. The minimum absolute atomic E-state index is 0.0210. The number of nitrogens with zero attached hydrogens (tertiary/aromatic N) is 1. The summed E-state index contributed by atoms with van der Waals surface area (Å²) in [5, 5.41) is 3.52. The first-order chi connectivity index (χ1) is 9.59. The summed E-state index contributed by atoms with van der Waals surface area (Å²) in [6.45, 7) is 9.69. The maximum absolute atomic E-state index is 5.72. The molecule has 112 valence electrons. The number of piperidine rings is 1. The van der Waals surface area contributed by atoms with Gasteiger partial charge in [-0.05, 0) is 44.9 Å². The highest BCUT2D eigenvalue weighted by Gasteiger charge is 2.31. The maximum atomic E-state index is 5.72. The van der Waals surface area contributed by atoms with Crippen molar-refractivity contribution in [3.8, 4) is 0 Å². The number of anilines is 1. The topological polar surface area (TPSA) is 24.5 Å². The summed E-state index contributed by atoms with van der Waals surface area (Å²) in [5.41, 5.74) is 2.71. The van der Waals surface area contributed by atoms with E-state index in [-0.39, 0.29) is 5.60 Å². The van der Waals surface area contributed by atoms with Crippen LogP contribution in [0.1, 0.15) is 45.2 Å². The zero-order valence-electron chi connectivity index (χ0n) is 13.3. The molecule has 0 aliphatic carbocycles. The van der Waals surface area contributed by atoms with Crippen LogP contribution in [0.15, 0.2) is 24.3 Å². The van der Waals surface area contributed by atoms with Crippen LogP contribution in [0.3, 0.4) is 0 Å². The molecule has 1 aliphatic rings. The molecule has 0 amide bonds. The van der Waals surface area contributed by atoms with E-state index >= 15 is 0 Å². The van der Waals surface area contributed by atoms with E-state index in [1.807, 2.05) is 7.11 Å². The van der Waals surface area contributed by atoms with Crippen LogP contribution in [-0.2, 0) is 4.74 Å². The quantitative estimate of drug-likeness (QED) is 0.892. The molecule has 1 aromatic carbocycles. The van der Waals surface area contributed by atoms with Crippen LogP contribution in [0, 0.1) is 0 Å². The molecule has 1 saturated heterocycles. The van der Waals surface area contributed by atoms with E-state index in [9.17, 15) is 0 Å². The second-order valence-corrected chi connectivity index (χ2v) is 6.02. The van der Waals surface area contributed by atoms with Gasteiger partial charge in [0.05, 0.1) is 5.60 Å². The van der Waals surface area contributed by atoms with Crippen molar-refractivity contribution in [1.29, 1.82) is 0 Å². The lowest BCUT2D eigenvalue weighted by Crippen LogP contribution is -2.47. The zero-order chi connectivity index (χ0) is 14.6. The third-order valence-corrected chi connectivity index (χ3v) is 4.41. The highest BCUT2D eigenvalue weighted by molar-refractivity contribution is 5.55. The Morgan fingerprint density at radius 2 is 2.15 bits per heavy atom. The number of hydrogen-bond acceptors (Lipinski definition) is 3. The lowest BCUT2D eigenvalue weighted by Gasteiger charge is -2.41. The van der Waals surface area contributed by atoms with Gasteiger partial charge in [-0.3, -0.25) is 0 Å². The predicted molar refractivity (Wildman–Crippen MR) is 85.4 cm³/mol. The van der Waals surface area contributed by atoms with Crippen molar-refractivity contribution in [2.75, 3.05) is 31.6 Å². The van der Waals surface area contributed by atoms with Crippen LogP contribution < -0.4 is 10.2 Å². The SMILES string of the molecule is CCNC(C)c1ccccc1N1CCCC(C)(OC)C1. The first-order valence-corrected chi connectivity index (χ1v) is 7.72. The normalized spacial score (nSPS) is 24.7. The van der Waals surface area contributed by atoms with Crippen molar-refractivity contribution in [2.24, 2.45) is 0 Å². The number of nitrogens with one attached hydrogen (secondary N) is 1. The number of benzene rings is 1. The molecule has 0 aromatic heterocycles. The van der Waals surface area contributed by atoms with E-state index < -0.39 is 0 Å². The van der Waals surface area contributed by atoms with Crippen molar-refractivity contribution in [2.45, 2.75) is 45.3 Å². The van der Waals surface area contributed by atoms with E-state index in [1.165, 1.54) is 17.7 Å². The molecular weight excluding hydrogens is 248 g/mol. The van der Waals surface area contributed by atoms with Crippen LogP contribution >= 0.6 is 0 Å². The first-order valence-electron chi connectivity index (χ1n) is 7.72. The van der Waals surface area contributed by atoms with E-state index in [2.05, 4.69) is 55.3 Å². The molecule has 2 rings (SSSR count). The fraction of sp³-hybridized carbons (Fsp3) is 0.647. The summed E-state index contributed by atoms with van der Waals surface area (Å²) in [6.07, 6.45) is 2.33. The van der Waals surface area contributed by atoms with Crippen LogP contribution in [-0.4, -0.2) is 32.3 Å². The van der Waals surface area contributed by atoms with Gasteiger partial charge in [-0.25, -0.2) is 0 Å². The number of methoxy groups -OCH3 is 1. The van der Waals surface area contributed by atoms with Gasteiger partial charge in [-0.1, -0.05) is 25.1 Å². The standard InChI is InChI=1S/C17H28N2O/c1-5-18-14(2)15-9-6-7-10-16(15)19-12-8-11-17(3,13-19)20-4/h6-7,9-10,14,18H,5,8,11-13H2,1-4H3. The highest BCUT2D eigenvalue weighted by atomic mass is 16.5. The second-order valence-electron chi connectivity index (χ2n) is 6.02. The van der Waals surface area contributed by atoms with Gasteiger partial charge in [-0.15, -0.1) is 0 Å². The van der Waals surface area contributed by atoms with E-state index in [1.54, 1.807) is 0 Å². The summed E-state index contributed by atoms with van der Waals surface area (Å²) >= 11 is 0. The maximum Gasteiger partial charge on any atom is 0.0825 e. The molecule has 1 fully saturated rings. The molecule has 0 spiro atoms. The molecule has 0 radical (unpaired) electrons. The Balaban J connectivity index is 2.23. The van der Waals surface area contributed by atoms with E-state index in [0.717, 1.165) is 26.1 Å². The molecule has 0 bridgehead atoms. The molecule has 1 N–H and O–H groups in total. The van der Waals surface area contributed by atoms with Gasteiger partial charge in [0.25, 0.3) is 0 Å². The second kappa shape index (κ2) is 6.59. The van der Waals surface area contributed by atoms with Crippen LogP contribution in [0.2, 0.25) is 0 Å². The fourth-order valence-corrected chi connectivity index (χ4v) is 3.14. The highest BCUT2D eigenvalue weighted by Crippen LogP contribution is 2.32. The van der Waals surface area contributed by atoms with Gasteiger partial charge in [0.1, 0.15) is 0 Å². The zero-order valence-corrected chi connectivity index (χ0v) is 13.3. The molecule has 1 aromatic rings. The minimum Gasteiger partial charge on any atom is -0.377 e. The van der Waals surface area contributed by atoms with Crippen molar-refractivity contribution >= 4 is 5.69 Å². The predicted octanol–water partition coefficient (Wildman–Crippen LogP) is 3.36. The number of para-hydroxylation sites is 1.